The number of nitrogens with one attached hydrogen (secondary N) is 3. The first-order valence-corrected chi connectivity index (χ1v) is 10.9. The lowest BCUT2D eigenvalue weighted by Crippen LogP contribution is -2.45. The summed E-state index contributed by atoms with van der Waals surface area (Å²) in [7, 11) is 0. The molecule has 0 aliphatic carbocycles. The Labute approximate surface area is 186 Å². The zero-order chi connectivity index (χ0) is 23.0. The second-order valence-corrected chi connectivity index (χ2v) is 9.14. The van der Waals surface area contributed by atoms with Gasteiger partial charge in [0.05, 0.1) is 17.4 Å². The van der Waals surface area contributed by atoms with Crippen LogP contribution >= 0.6 is 0 Å². The van der Waals surface area contributed by atoms with Crippen LogP contribution in [0.25, 0.3) is 0 Å². The Hall–Kier alpha value is -3.36. The number of carbonyl (C=O) groups is 2. The van der Waals surface area contributed by atoms with Crippen molar-refractivity contribution in [2.24, 2.45) is 5.92 Å². The molecule has 170 valence electrons. The average Bonchev–Trinajstić information content (AvgIpc) is 2.74. The molecule has 2 aliphatic rings. The number of aromatic amines is 1. The lowest BCUT2D eigenvalue weighted by molar-refractivity contribution is -0.129. The summed E-state index contributed by atoms with van der Waals surface area (Å²) < 4.78 is 5.71. The van der Waals surface area contributed by atoms with E-state index in [-0.39, 0.29) is 17.4 Å². The smallest absolute Gasteiger partial charge is 0.268 e. The molecule has 1 aromatic carbocycles. The summed E-state index contributed by atoms with van der Waals surface area (Å²) >= 11 is 0. The van der Waals surface area contributed by atoms with E-state index in [2.05, 4.69) is 32.4 Å². The molecule has 2 aliphatic heterocycles. The minimum atomic E-state index is -0.971. The van der Waals surface area contributed by atoms with Crippen molar-refractivity contribution >= 4 is 23.5 Å². The molecule has 0 bridgehead atoms. The Balaban J connectivity index is 1.49. The van der Waals surface area contributed by atoms with Crippen molar-refractivity contribution in [2.45, 2.75) is 52.2 Å². The molecule has 1 aromatic heterocycles. The van der Waals surface area contributed by atoms with Crippen LogP contribution in [0.3, 0.4) is 0 Å². The number of amides is 2. The van der Waals surface area contributed by atoms with Gasteiger partial charge >= 0.3 is 0 Å². The fourth-order valence-electron chi connectivity index (χ4n) is 3.86. The standard InChI is InChI=1S/C23H29N5O4/c1-13-7-9-28(10-8-13)22-26-16(12-19(29)27-22)14(2)24-20(30)15-5-6-18-17(11-15)25-21(31)23(3,4)32-18/h5-6,11-14H,7-10H2,1-4H3,(H,24,30)(H,25,31)(H,26,27,29). The Morgan fingerprint density at radius 3 is 2.69 bits per heavy atom. The van der Waals surface area contributed by atoms with Gasteiger partial charge < -0.3 is 20.3 Å². The highest BCUT2D eigenvalue weighted by Gasteiger charge is 2.35. The van der Waals surface area contributed by atoms with Crippen molar-refractivity contribution in [1.29, 1.82) is 0 Å². The van der Waals surface area contributed by atoms with E-state index in [9.17, 15) is 14.4 Å². The molecule has 2 amide bonds. The molecule has 2 aromatic rings. The molecule has 1 atom stereocenters. The Morgan fingerprint density at radius 2 is 1.97 bits per heavy atom. The molecule has 1 fully saturated rings. The number of nitrogens with zero attached hydrogens (tertiary/aromatic N) is 2. The van der Waals surface area contributed by atoms with E-state index in [0.29, 0.717) is 34.6 Å². The third-order valence-corrected chi connectivity index (χ3v) is 6.03. The highest BCUT2D eigenvalue weighted by Crippen LogP contribution is 2.34. The van der Waals surface area contributed by atoms with Gasteiger partial charge in [-0.3, -0.25) is 19.4 Å². The van der Waals surface area contributed by atoms with E-state index < -0.39 is 11.6 Å². The van der Waals surface area contributed by atoms with E-state index >= 15 is 0 Å². The van der Waals surface area contributed by atoms with Crippen LogP contribution in [0.1, 0.15) is 62.6 Å². The van der Waals surface area contributed by atoms with Gasteiger partial charge in [-0.1, -0.05) is 6.92 Å². The number of piperidine rings is 1. The Morgan fingerprint density at radius 1 is 1.25 bits per heavy atom. The molecule has 0 radical (unpaired) electrons. The van der Waals surface area contributed by atoms with Crippen LogP contribution in [-0.2, 0) is 4.79 Å². The molecule has 9 heteroatoms. The molecule has 32 heavy (non-hydrogen) atoms. The van der Waals surface area contributed by atoms with Gasteiger partial charge in [-0.25, -0.2) is 4.98 Å². The maximum Gasteiger partial charge on any atom is 0.268 e. The van der Waals surface area contributed by atoms with Crippen LogP contribution in [0.15, 0.2) is 29.1 Å². The third-order valence-electron chi connectivity index (χ3n) is 6.03. The average molecular weight is 440 g/mol. The van der Waals surface area contributed by atoms with Crippen molar-refractivity contribution in [2.75, 3.05) is 23.3 Å². The van der Waals surface area contributed by atoms with Crippen molar-refractivity contribution in [1.82, 2.24) is 15.3 Å². The van der Waals surface area contributed by atoms with Crippen molar-refractivity contribution < 1.29 is 14.3 Å². The summed E-state index contributed by atoms with van der Waals surface area (Å²) in [6, 6.07) is 5.81. The summed E-state index contributed by atoms with van der Waals surface area (Å²) in [5.41, 5.74) is 0.0920. The summed E-state index contributed by atoms with van der Waals surface area (Å²) in [5, 5.41) is 5.66. The van der Waals surface area contributed by atoms with Gasteiger partial charge in [0.1, 0.15) is 5.75 Å². The van der Waals surface area contributed by atoms with Gasteiger partial charge in [-0.15, -0.1) is 0 Å². The number of benzene rings is 1. The van der Waals surface area contributed by atoms with E-state index in [4.69, 9.17) is 4.74 Å². The minimum absolute atomic E-state index is 0.249. The van der Waals surface area contributed by atoms with E-state index in [1.54, 1.807) is 39.0 Å². The van der Waals surface area contributed by atoms with Gasteiger partial charge in [0.2, 0.25) is 5.95 Å². The molecule has 1 saturated heterocycles. The fraction of sp³-hybridized carbons (Fsp3) is 0.478. The number of anilines is 2. The highest BCUT2D eigenvalue weighted by atomic mass is 16.5. The Bertz CT molecular complexity index is 1100. The van der Waals surface area contributed by atoms with Crippen LogP contribution in [0, 0.1) is 5.92 Å². The van der Waals surface area contributed by atoms with Gasteiger partial charge in [-0.05, 0) is 57.7 Å². The first kappa shape index (κ1) is 21.9. The van der Waals surface area contributed by atoms with E-state index in [1.165, 1.54) is 6.07 Å². The number of fused-ring (bicyclic) bond motifs is 1. The zero-order valence-electron chi connectivity index (χ0n) is 18.8. The molecule has 0 spiro atoms. The summed E-state index contributed by atoms with van der Waals surface area (Å²) in [4.78, 5) is 46.7. The minimum Gasteiger partial charge on any atom is -0.476 e. The first-order valence-electron chi connectivity index (χ1n) is 10.9. The van der Waals surface area contributed by atoms with Crippen LogP contribution in [-0.4, -0.2) is 40.5 Å². The largest absolute Gasteiger partial charge is 0.476 e. The SMILES string of the molecule is CC1CCN(c2nc(C(C)NC(=O)c3ccc4c(c3)NC(=O)C(C)(C)O4)cc(=O)[nH]2)CC1. The number of H-pyrrole nitrogens is 1. The van der Waals surface area contributed by atoms with Gasteiger partial charge in [-0.2, -0.15) is 0 Å². The van der Waals surface area contributed by atoms with Crippen molar-refractivity contribution in [3.05, 3.63) is 45.9 Å². The molecule has 0 saturated carbocycles. The second-order valence-electron chi connectivity index (χ2n) is 9.14. The monoisotopic (exact) mass is 439 g/mol. The first-order chi connectivity index (χ1) is 15.1. The lowest BCUT2D eigenvalue weighted by Gasteiger charge is -2.31. The van der Waals surface area contributed by atoms with Crippen LogP contribution in [0.4, 0.5) is 11.6 Å². The lowest BCUT2D eigenvalue weighted by atomic mass is 10.00. The maximum atomic E-state index is 12.8. The van der Waals surface area contributed by atoms with Crippen LogP contribution in [0.2, 0.25) is 0 Å². The summed E-state index contributed by atoms with van der Waals surface area (Å²) in [5.74, 6) is 1.10. The summed E-state index contributed by atoms with van der Waals surface area (Å²) in [6.07, 6.45) is 2.10. The molecule has 3 N–H and O–H groups in total. The number of aromatic nitrogens is 2. The van der Waals surface area contributed by atoms with Crippen LogP contribution in [0.5, 0.6) is 5.75 Å². The van der Waals surface area contributed by atoms with Gasteiger partial charge in [0.25, 0.3) is 17.4 Å². The second kappa shape index (κ2) is 8.29. The normalized spacial score (nSPS) is 18.9. The number of hydrogen-bond acceptors (Lipinski definition) is 6. The number of rotatable bonds is 4. The van der Waals surface area contributed by atoms with Crippen molar-refractivity contribution in [3.8, 4) is 5.75 Å². The van der Waals surface area contributed by atoms with E-state index in [0.717, 1.165) is 25.9 Å². The van der Waals surface area contributed by atoms with Gasteiger partial charge in [0.15, 0.2) is 5.60 Å². The van der Waals surface area contributed by atoms with E-state index in [1.807, 2.05) is 0 Å². The summed E-state index contributed by atoms with van der Waals surface area (Å²) in [6.45, 7) is 9.05. The highest BCUT2D eigenvalue weighted by molar-refractivity contribution is 6.02. The predicted octanol–water partition coefficient (Wildman–Crippen LogP) is 2.61. The van der Waals surface area contributed by atoms with Crippen molar-refractivity contribution in [3.63, 3.8) is 0 Å². The molecule has 3 heterocycles. The Kier molecular flexibility index (Phi) is 5.66. The topological polar surface area (TPSA) is 116 Å². The van der Waals surface area contributed by atoms with Gasteiger partial charge in [0, 0.05) is 24.7 Å². The number of ether oxygens (including phenoxy) is 1. The number of hydrogen-bond donors (Lipinski definition) is 3. The molecule has 9 nitrogen and oxygen atoms in total. The quantitative estimate of drug-likeness (QED) is 0.674. The van der Waals surface area contributed by atoms with Crippen LogP contribution < -0.4 is 25.8 Å². The fourth-order valence-corrected chi connectivity index (χ4v) is 3.86. The zero-order valence-corrected chi connectivity index (χ0v) is 18.8. The molecule has 1 unspecified atom stereocenters. The molecular formula is C23H29N5O4. The molecule has 4 rings (SSSR count). The predicted molar refractivity (Wildman–Crippen MR) is 121 cm³/mol. The number of carbonyl (C=O) groups excluding carboxylic acids is 2. The maximum absolute atomic E-state index is 12.8. The molecular weight excluding hydrogens is 410 g/mol. The third kappa shape index (κ3) is 4.46.